The molecule has 1 N–H and O–H groups in total. The maximum atomic E-state index is 13.7. The maximum absolute atomic E-state index is 13.7. The van der Waals surface area contributed by atoms with Crippen molar-refractivity contribution in [2.45, 2.75) is 40.7 Å². The zero-order chi connectivity index (χ0) is 28.0. The van der Waals surface area contributed by atoms with Gasteiger partial charge in [0.1, 0.15) is 6.10 Å². The fourth-order valence-electron chi connectivity index (χ4n) is 5.27. The van der Waals surface area contributed by atoms with Crippen LogP contribution in [0.25, 0.3) is 27.8 Å². The number of fused-ring (bicyclic) bond motifs is 1. The number of aryl methyl sites for hydroxylation is 4. The van der Waals surface area contributed by atoms with Gasteiger partial charge >= 0.3 is 5.97 Å². The highest BCUT2D eigenvalue weighted by molar-refractivity contribution is 14.1. The maximum Gasteiger partial charge on any atom is 0.340 e. The van der Waals surface area contributed by atoms with Gasteiger partial charge < -0.3 is 14.3 Å². The summed E-state index contributed by atoms with van der Waals surface area (Å²) in [5.74, 6) is -0.392. The fourth-order valence-corrected chi connectivity index (χ4v) is 6.25. The molecule has 0 fully saturated rings. The van der Waals surface area contributed by atoms with E-state index in [2.05, 4.69) is 54.7 Å². The number of nitrogens with zero attached hydrogens (tertiary/aromatic N) is 1. The molecule has 0 radical (unpaired) electrons. The molecule has 0 saturated carbocycles. The number of H-pyrrole nitrogens is 1. The van der Waals surface area contributed by atoms with Gasteiger partial charge in [-0.2, -0.15) is 0 Å². The van der Waals surface area contributed by atoms with Crippen LogP contribution in [0.15, 0.2) is 71.5 Å². The minimum Gasteiger partial charge on any atom is -0.454 e. The number of hydrogen-bond donors (Lipinski definition) is 1. The Labute approximate surface area is 254 Å². The molecule has 1 atom stereocenters. The molecule has 5 nitrogen and oxygen atoms in total. The molecule has 7 heteroatoms. The molecule has 0 saturated heterocycles. The Bertz CT molecular complexity index is 1800. The van der Waals surface area contributed by atoms with Crippen molar-refractivity contribution < 1.29 is 9.53 Å². The van der Waals surface area contributed by atoms with Crippen LogP contribution in [0.4, 0.5) is 0 Å². The van der Waals surface area contributed by atoms with Gasteiger partial charge in [-0.1, -0.05) is 12.1 Å². The summed E-state index contributed by atoms with van der Waals surface area (Å²) in [6.07, 6.45) is -0.555. The third kappa shape index (κ3) is 5.30. The Balaban J connectivity index is 1.59. The standard InChI is InChI=1S/C32H28I2N2O3/c1-17-6-7-18(2)31(27-16-29(37)24-14-22(33)10-12-26(24)35-27)30(17)21(5)39-32(38)25-15-23(34)11-13-28(25)36-19(3)8-9-20(36)4/h6-16,21H,1-5H3,(H,35,37)/t21-/m1/s1. The third-order valence-corrected chi connectivity index (χ3v) is 8.46. The zero-order valence-electron chi connectivity index (χ0n) is 22.4. The molecule has 0 spiro atoms. The van der Waals surface area contributed by atoms with E-state index < -0.39 is 12.1 Å². The second-order valence-electron chi connectivity index (χ2n) is 9.89. The molecule has 3 aromatic carbocycles. The Kier molecular flexibility index (Phi) is 7.74. The van der Waals surface area contributed by atoms with Gasteiger partial charge in [0.05, 0.1) is 16.9 Å². The molecule has 0 unspecified atom stereocenters. The number of carbonyl (C=O) groups is 1. The molecule has 0 bridgehead atoms. The van der Waals surface area contributed by atoms with Gasteiger partial charge in [0, 0.05) is 46.6 Å². The van der Waals surface area contributed by atoms with Crippen LogP contribution in [0.2, 0.25) is 0 Å². The zero-order valence-corrected chi connectivity index (χ0v) is 26.7. The molecule has 5 aromatic rings. The van der Waals surface area contributed by atoms with Crippen LogP contribution in [-0.4, -0.2) is 15.5 Å². The number of pyridine rings is 1. The highest BCUT2D eigenvalue weighted by Crippen LogP contribution is 2.36. The van der Waals surface area contributed by atoms with E-state index in [1.54, 1.807) is 6.07 Å². The Morgan fingerprint density at radius 3 is 2.21 bits per heavy atom. The minimum atomic E-state index is -0.555. The Morgan fingerprint density at radius 1 is 0.846 bits per heavy atom. The molecule has 2 heterocycles. The minimum absolute atomic E-state index is 0.0465. The number of nitrogens with one attached hydrogen (secondary N) is 1. The molecule has 198 valence electrons. The van der Waals surface area contributed by atoms with Crippen molar-refractivity contribution in [1.29, 1.82) is 0 Å². The first-order chi connectivity index (χ1) is 18.5. The lowest BCUT2D eigenvalue weighted by Crippen LogP contribution is -2.15. The van der Waals surface area contributed by atoms with E-state index in [0.29, 0.717) is 16.6 Å². The topological polar surface area (TPSA) is 64.1 Å². The number of carbonyl (C=O) groups excluding carboxylic acids is 1. The van der Waals surface area contributed by atoms with Gasteiger partial charge in [0.25, 0.3) is 0 Å². The first-order valence-corrected chi connectivity index (χ1v) is 14.8. The summed E-state index contributed by atoms with van der Waals surface area (Å²) < 4.78 is 10.2. The highest BCUT2D eigenvalue weighted by atomic mass is 127. The molecule has 5 rings (SSSR count). The molecule has 2 aromatic heterocycles. The van der Waals surface area contributed by atoms with Crippen LogP contribution < -0.4 is 5.43 Å². The highest BCUT2D eigenvalue weighted by Gasteiger charge is 2.24. The lowest BCUT2D eigenvalue weighted by molar-refractivity contribution is 0.0338. The SMILES string of the molecule is Cc1ccc(C)c([C@@H](C)OC(=O)c2cc(I)ccc2-n2c(C)ccc2C)c1-c1cc(=O)c2cc(I)ccc2[nH]1. The molecule has 0 aliphatic rings. The quantitative estimate of drug-likeness (QED) is 0.146. The van der Waals surface area contributed by atoms with E-state index in [1.165, 1.54) is 0 Å². The van der Waals surface area contributed by atoms with E-state index in [0.717, 1.165) is 52.0 Å². The second-order valence-corrected chi connectivity index (χ2v) is 12.4. The number of ether oxygens (including phenoxy) is 1. The van der Waals surface area contributed by atoms with Gasteiger partial charge in [-0.05, 0) is 139 Å². The summed E-state index contributed by atoms with van der Waals surface area (Å²) in [5, 5.41) is 0.652. The molecular weight excluding hydrogens is 714 g/mol. The van der Waals surface area contributed by atoms with Gasteiger partial charge in [0.15, 0.2) is 5.43 Å². The number of rotatable bonds is 5. The molecule has 0 amide bonds. The summed E-state index contributed by atoms with van der Waals surface area (Å²) >= 11 is 4.43. The molecular formula is C32H28I2N2O3. The summed E-state index contributed by atoms with van der Waals surface area (Å²) in [7, 11) is 0. The van der Waals surface area contributed by atoms with Crippen LogP contribution in [0.5, 0.6) is 0 Å². The average molecular weight is 742 g/mol. The number of benzene rings is 3. The first kappa shape index (κ1) is 27.6. The number of hydrogen-bond acceptors (Lipinski definition) is 3. The van der Waals surface area contributed by atoms with Gasteiger partial charge in [-0.25, -0.2) is 4.79 Å². The van der Waals surface area contributed by atoms with E-state index >= 15 is 0 Å². The predicted octanol–water partition coefficient (Wildman–Crippen LogP) is 8.35. The predicted molar refractivity (Wildman–Crippen MR) is 174 cm³/mol. The van der Waals surface area contributed by atoms with Crippen molar-refractivity contribution in [2.24, 2.45) is 0 Å². The van der Waals surface area contributed by atoms with Crippen LogP contribution in [-0.2, 0) is 4.74 Å². The van der Waals surface area contributed by atoms with Gasteiger partial charge in [0.2, 0.25) is 0 Å². The summed E-state index contributed by atoms with van der Waals surface area (Å²) in [5.41, 5.74) is 8.57. The number of aromatic nitrogens is 2. The van der Waals surface area contributed by atoms with Crippen molar-refractivity contribution in [2.75, 3.05) is 0 Å². The van der Waals surface area contributed by atoms with Crippen molar-refractivity contribution in [3.63, 3.8) is 0 Å². The lowest BCUT2D eigenvalue weighted by atomic mass is 9.91. The van der Waals surface area contributed by atoms with Gasteiger partial charge in [-0.15, -0.1) is 0 Å². The van der Waals surface area contributed by atoms with Crippen molar-refractivity contribution >= 4 is 62.1 Å². The number of esters is 1. The normalized spacial score (nSPS) is 12.1. The smallest absolute Gasteiger partial charge is 0.340 e. The molecule has 0 aliphatic heterocycles. The first-order valence-electron chi connectivity index (χ1n) is 12.6. The van der Waals surface area contributed by atoms with Crippen molar-refractivity contribution in [3.8, 4) is 16.9 Å². The summed E-state index contributed by atoms with van der Waals surface area (Å²) in [6, 6.07) is 21.4. The second kappa shape index (κ2) is 10.9. The summed E-state index contributed by atoms with van der Waals surface area (Å²) in [4.78, 5) is 30.3. The Morgan fingerprint density at radius 2 is 1.49 bits per heavy atom. The Hall–Kier alpha value is -2.92. The number of aromatic amines is 1. The van der Waals surface area contributed by atoms with Crippen LogP contribution in [0.1, 0.15) is 51.5 Å². The monoisotopic (exact) mass is 742 g/mol. The van der Waals surface area contributed by atoms with Crippen LogP contribution in [0, 0.1) is 34.8 Å². The fraction of sp³-hybridized carbons (Fsp3) is 0.188. The van der Waals surface area contributed by atoms with E-state index in [9.17, 15) is 9.59 Å². The van der Waals surface area contributed by atoms with Crippen molar-refractivity contribution in [1.82, 2.24) is 9.55 Å². The van der Waals surface area contributed by atoms with E-state index in [4.69, 9.17) is 4.74 Å². The van der Waals surface area contributed by atoms with E-state index in [1.807, 2.05) is 95.3 Å². The van der Waals surface area contributed by atoms with Crippen LogP contribution >= 0.6 is 45.2 Å². The number of halogens is 2. The average Bonchev–Trinajstić information content (AvgIpc) is 3.22. The summed E-state index contributed by atoms with van der Waals surface area (Å²) in [6.45, 7) is 9.96. The third-order valence-electron chi connectivity index (χ3n) is 7.11. The van der Waals surface area contributed by atoms with Gasteiger partial charge in [-0.3, -0.25) is 4.79 Å². The largest absolute Gasteiger partial charge is 0.454 e. The van der Waals surface area contributed by atoms with E-state index in [-0.39, 0.29) is 5.43 Å². The lowest BCUT2D eigenvalue weighted by Gasteiger charge is -2.23. The molecule has 0 aliphatic carbocycles. The van der Waals surface area contributed by atoms with Crippen molar-refractivity contribution in [3.05, 3.63) is 118 Å². The van der Waals surface area contributed by atoms with Crippen LogP contribution in [0.3, 0.4) is 0 Å². The molecule has 39 heavy (non-hydrogen) atoms.